The molecular weight excluding hydrogens is 242 g/mol. The van der Waals surface area contributed by atoms with Crippen molar-refractivity contribution in [3.63, 3.8) is 0 Å². The molecular formula is C14H19N3O2. The number of amides is 1. The summed E-state index contributed by atoms with van der Waals surface area (Å²) in [5.74, 6) is -0.0473. The highest BCUT2D eigenvalue weighted by atomic mass is 16.2. The molecule has 1 unspecified atom stereocenters. The fourth-order valence-electron chi connectivity index (χ4n) is 2.66. The van der Waals surface area contributed by atoms with Gasteiger partial charge in [-0.25, -0.2) is 0 Å². The van der Waals surface area contributed by atoms with E-state index < -0.39 is 0 Å². The van der Waals surface area contributed by atoms with E-state index in [0.717, 1.165) is 32.4 Å². The van der Waals surface area contributed by atoms with E-state index >= 15 is 0 Å². The third-order valence-electron chi connectivity index (χ3n) is 3.83. The van der Waals surface area contributed by atoms with Crippen molar-refractivity contribution in [2.45, 2.75) is 37.8 Å². The Balaban J connectivity index is 1.75. The molecule has 0 aromatic carbocycles. The largest absolute Gasteiger partial charge is 0.333 e. The van der Waals surface area contributed by atoms with Crippen LogP contribution in [0.2, 0.25) is 0 Å². The van der Waals surface area contributed by atoms with Crippen LogP contribution in [-0.4, -0.2) is 41.0 Å². The Morgan fingerprint density at radius 3 is 2.79 bits per heavy atom. The second-order valence-corrected chi connectivity index (χ2v) is 5.41. The zero-order valence-electron chi connectivity index (χ0n) is 10.9. The van der Waals surface area contributed by atoms with E-state index in [1.54, 1.807) is 12.1 Å². The summed E-state index contributed by atoms with van der Waals surface area (Å²) in [5.41, 5.74) is 0.179. The number of nitrogens with one attached hydrogen (secondary N) is 2. The molecule has 0 spiro atoms. The SMILES string of the molecule is O=C(c1cccc(=O)[nH]1)N(CC1CCCN1)C1CC1. The zero-order valence-corrected chi connectivity index (χ0v) is 10.9. The Kier molecular flexibility index (Phi) is 3.38. The fourth-order valence-corrected chi connectivity index (χ4v) is 2.66. The van der Waals surface area contributed by atoms with Crippen molar-refractivity contribution in [2.75, 3.05) is 13.1 Å². The van der Waals surface area contributed by atoms with E-state index in [1.807, 2.05) is 4.90 Å². The lowest BCUT2D eigenvalue weighted by Crippen LogP contribution is -2.43. The number of hydrogen-bond acceptors (Lipinski definition) is 3. The summed E-state index contributed by atoms with van der Waals surface area (Å²) < 4.78 is 0. The van der Waals surface area contributed by atoms with E-state index in [-0.39, 0.29) is 11.5 Å². The van der Waals surface area contributed by atoms with Crippen molar-refractivity contribution in [3.05, 3.63) is 34.2 Å². The lowest BCUT2D eigenvalue weighted by atomic mass is 10.2. The molecule has 5 nitrogen and oxygen atoms in total. The molecule has 2 fully saturated rings. The maximum absolute atomic E-state index is 12.5. The molecule has 0 bridgehead atoms. The Morgan fingerprint density at radius 2 is 2.16 bits per heavy atom. The van der Waals surface area contributed by atoms with E-state index in [4.69, 9.17) is 0 Å². The smallest absolute Gasteiger partial charge is 0.270 e. The lowest BCUT2D eigenvalue weighted by Gasteiger charge is -2.25. The number of aromatic nitrogens is 1. The monoisotopic (exact) mass is 261 g/mol. The van der Waals surface area contributed by atoms with Crippen molar-refractivity contribution in [3.8, 4) is 0 Å². The molecule has 3 rings (SSSR count). The molecule has 1 aromatic rings. The van der Waals surface area contributed by atoms with Crippen LogP contribution in [0.25, 0.3) is 0 Å². The number of carbonyl (C=O) groups is 1. The van der Waals surface area contributed by atoms with Crippen LogP contribution in [0.1, 0.15) is 36.2 Å². The van der Waals surface area contributed by atoms with Crippen molar-refractivity contribution in [1.82, 2.24) is 15.2 Å². The summed E-state index contributed by atoms with van der Waals surface area (Å²) in [6.07, 6.45) is 4.46. The maximum atomic E-state index is 12.5. The molecule has 1 aliphatic carbocycles. The molecule has 2 heterocycles. The van der Waals surface area contributed by atoms with Crippen LogP contribution in [0, 0.1) is 0 Å². The van der Waals surface area contributed by atoms with Crippen LogP contribution in [0.15, 0.2) is 23.0 Å². The zero-order chi connectivity index (χ0) is 13.2. The number of aromatic amines is 1. The summed E-state index contributed by atoms with van der Waals surface area (Å²) in [7, 11) is 0. The second kappa shape index (κ2) is 5.17. The van der Waals surface area contributed by atoms with E-state index in [9.17, 15) is 9.59 Å². The summed E-state index contributed by atoms with van der Waals surface area (Å²) >= 11 is 0. The molecule has 19 heavy (non-hydrogen) atoms. The first kappa shape index (κ1) is 12.4. The third kappa shape index (κ3) is 2.87. The minimum atomic E-state index is -0.222. The molecule has 5 heteroatoms. The van der Waals surface area contributed by atoms with Gasteiger partial charge in [-0.3, -0.25) is 9.59 Å². The van der Waals surface area contributed by atoms with Gasteiger partial charge in [0.15, 0.2) is 0 Å². The standard InChI is InChI=1S/C14H19N3O2/c18-13-5-1-4-12(16-13)14(19)17(11-6-7-11)9-10-3-2-8-15-10/h1,4-5,10-11,15H,2-3,6-9H2,(H,16,18). The number of carbonyl (C=O) groups excluding carboxylic acids is 1. The number of rotatable bonds is 4. The quantitative estimate of drug-likeness (QED) is 0.840. The molecule has 1 atom stereocenters. The Morgan fingerprint density at radius 1 is 1.32 bits per heavy atom. The second-order valence-electron chi connectivity index (χ2n) is 5.41. The Hall–Kier alpha value is -1.62. The van der Waals surface area contributed by atoms with Crippen LogP contribution < -0.4 is 10.9 Å². The summed E-state index contributed by atoms with van der Waals surface area (Å²) in [4.78, 5) is 28.4. The van der Waals surface area contributed by atoms with Crippen molar-refractivity contribution < 1.29 is 4.79 Å². The van der Waals surface area contributed by atoms with Gasteiger partial charge < -0.3 is 15.2 Å². The van der Waals surface area contributed by atoms with Gasteiger partial charge in [0.1, 0.15) is 5.69 Å². The maximum Gasteiger partial charge on any atom is 0.270 e. The molecule has 0 radical (unpaired) electrons. The van der Waals surface area contributed by atoms with Crippen LogP contribution in [-0.2, 0) is 0 Å². The van der Waals surface area contributed by atoms with Crippen LogP contribution in [0.3, 0.4) is 0 Å². The average molecular weight is 261 g/mol. The van der Waals surface area contributed by atoms with Crippen molar-refractivity contribution in [2.24, 2.45) is 0 Å². The normalized spacial score (nSPS) is 22.4. The molecule has 1 amide bonds. The first-order valence-electron chi connectivity index (χ1n) is 6.98. The van der Waals surface area contributed by atoms with Gasteiger partial charge in [-0.2, -0.15) is 0 Å². The topological polar surface area (TPSA) is 65.2 Å². The number of H-pyrrole nitrogens is 1. The molecule has 1 saturated heterocycles. The van der Waals surface area contributed by atoms with Gasteiger partial charge in [0.25, 0.3) is 5.91 Å². The minimum Gasteiger partial charge on any atom is -0.333 e. The fraction of sp³-hybridized carbons (Fsp3) is 0.571. The van der Waals surface area contributed by atoms with Gasteiger partial charge in [0.2, 0.25) is 5.56 Å². The van der Waals surface area contributed by atoms with Crippen molar-refractivity contribution >= 4 is 5.91 Å². The Bertz CT molecular complexity index is 515. The van der Waals surface area contributed by atoms with Crippen LogP contribution in [0.4, 0.5) is 0 Å². The third-order valence-corrected chi connectivity index (χ3v) is 3.83. The molecule has 1 saturated carbocycles. The first-order valence-corrected chi connectivity index (χ1v) is 6.98. The summed E-state index contributed by atoms with van der Waals surface area (Å²) in [5, 5.41) is 3.42. The predicted octanol–water partition coefficient (Wildman–Crippen LogP) is 0.731. The van der Waals surface area contributed by atoms with Crippen molar-refractivity contribution in [1.29, 1.82) is 0 Å². The predicted molar refractivity (Wildman–Crippen MR) is 72.1 cm³/mol. The van der Waals surface area contributed by atoms with Gasteiger partial charge in [-0.05, 0) is 38.3 Å². The average Bonchev–Trinajstić information content (AvgIpc) is 3.12. The number of pyridine rings is 1. The molecule has 2 aliphatic rings. The molecule has 1 aliphatic heterocycles. The Labute approximate surface area is 112 Å². The number of hydrogen-bond donors (Lipinski definition) is 2. The van der Waals surface area contributed by atoms with Gasteiger partial charge in [0.05, 0.1) is 0 Å². The van der Waals surface area contributed by atoms with Gasteiger partial charge in [0, 0.05) is 24.7 Å². The van der Waals surface area contributed by atoms with Gasteiger partial charge in [-0.15, -0.1) is 0 Å². The van der Waals surface area contributed by atoms with Crippen LogP contribution in [0.5, 0.6) is 0 Å². The van der Waals surface area contributed by atoms with Crippen LogP contribution >= 0.6 is 0 Å². The summed E-state index contributed by atoms with van der Waals surface area (Å²) in [6.45, 7) is 1.79. The van der Waals surface area contributed by atoms with E-state index in [1.165, 1.54) is 12.5 Å². The molecule has 102 valence electrons. The van der Waals surface area contributed by atoms with E-state index in [2.05, 4.69) is 10.3 Å². The molecule has 2 N–H and O–H groups in total. The number of nitrogens with zero attached hydrogens (tertiary/aromatic N) is 1. The minimum absolute atomic E-state index is 0.0473. The highest BCUT2D eigenvalue weighted by molar-refractivity contribution is 5.92. The lowest BCUT2D eigenvalue weighted by molar-refractivity contribution is 0.0722. The van der Waals surface area contributed by atoms with E-state index in [0.29, 0.717) is 17.8 Å². The summed E-state index contributed by atoms with van der Waals surface area (Å²) in [6, 6.07) is 5.50. The molecule has 1 aromatic heterocycles. The first-order chi connectivity index (χ1) is 9.24. The highest BCUT2D eigenvalue weighted by Gasteiger charge is 2.35. The highest BCUT2D eigenvalue weighted by Crippen LogP contribution is 2.28. The van der Waals surface area contributed by atoms with Gasteiger partial charge >= 0.3 is 0 Å². The van der Waals surface area contributed by atoms with Gasteiger partial charge in [-0.1, -0.05) is 6.07 Å².